The van der Waals surface area contributed by atoms with Gasteiger partial charge in [-0.2, -0.15) is 5.10 Å². The number of nitrogens with zero attached hydrogens (tertiary/aromatic N) is 2. The normalized spacial score (nSPS) is 11.2. The van der Waals surface area contributed by atoms with E-state index >= 15 is 0 Å². The Morgan fingerprint density at radius 1 is 0.900 bits per heavy atom. The number of benzene rings is 2. The molecular formula is C16H12N4. The Morgan fingerprint density at radius 2 is 1.80 bits per heavy atom. The molecule has 96 valence electrons. The number of nitrogens with two attached hydrogens (primary N) is 1. The van der Waals surface area contributed by atoms with Crippen LogP contribution in [0.2, 0.25) is 0 Å². The molecule has 0 radical (unpaired) electrons. The molecule has 2 heterocycles. The third-order valence-electron chi connectivity index (χ3n) is 3.46. The zero-order chi connectivity index (χ0) is 13.5. The summed E-state index contributed by atoms with van der Waals surface area (Å²) in [5.41, 5.74) is 10.3. The number of anilines is 1. The summed E-state index contributed by atoms with van der Waals surface area (Å²) >= 11 is 0. The molecule has 0 saturated carbocycles. The van der Waals surface area contributed by atoms with E-state index in [0.717, 1.165) is 33.2 Å². The van der Waals surface area contributed by atoms with Gasteiger partial charge in [-0.05, 0) is 24.3 Å². The first kappa shape index (κ1) is 11.0. The quantitative estimate of drug-likeness (QED) is 0.516. The van der Waals surface area contributed by atoms with E-state index in [-0.39, 0.29) is 0 Å². The predicted molar refractivity (Wildman–Crippen MR) is 81.2 cm³/mol. The van der Waals surface area contributed by atoms with Crippen LogP contribution in [0, 0.1) is 0 Å². The molecule has 3 N–H and O–H groups in total. The molecule has 0 unspecified atom stereocenters. The molecule has 0 bridgehead atoms. The van der Waals surface area contributed by atoms with Crippen LogP contribution in [0.15, 0.2) is 54.6 Å². The molecule has 0 spiro atoms. The van der Waals surface area contributed by atoms with Gasteiger partial charge in [-0.3, -0.25) is 5.10 Å². The van der Waals surface area contributed by atoms with Crippen molar-refractivity contribution in [2.75, 3.05) is 5.73 Å². The van der Waals surface area contributed by atoms with Gasteiger partial charge in [0.25, 0.3) is 0 Å². The molecule has 0 amide bonds. The van der Waals surface area contributed by atoms with Crippen LogP contribution in [0.25, 0.3) is 33.2 Å². The Hall–Kier alpha value is -2.88. The zero-order valence-electron chi connectivity index (χ0n) is 10.7. The van der Waals surface area contributed by atoms with Gasteiger partial charge in [-0.1, -0.05) is 30.3 Å². The van der Waals surface area contributed by atoms with Crippen LogP contribution in [-0.2, 0) is 0 Å². The molecule has 4 aromatic rings. The maximum Gasteiger partial charge on any atom is 0.120 e. The number of hydrogen-bond acceptors (Lipinski definition) is 3. The first-order valence-electron chi connectivity index (χ1n) is 6.42. The number of H-pyrrole nitrogens is 1. The zero-order valence-corrected chi connectivity index (χ0v) is 10.7. The Labute approximate surface area is 115 Å². The lowest BCUT2D eigenvalue weighted by molar-refractivity contribution is 1.11. The van der Waals surface area contributed by atoms with Crippen LogP contribution < -0.4 is 5.73 Å². The fraction of sp³-hybridized carbons (Fsp3) is 0. The lowest BCUT2D eigenvalue weighted by Crippen LogP contribution is -1.89. The molecule has 2 aromatic heterocycles. The number of nitrogens with one attached hydrogen (secondary N) is 1. The Kier molecular flexibility index (Phi) is 2.23. The maximum absolute atomic E-state index is 6.06. The summed E-state index contributed by atoms with van der Waals surface area (Å²) in [4.78, 5) is 4.67. The summed E-state index contributed by atoms with van der Waals surface area (Å²) in [5, 5.41) is 9.41. The van der Waals surface area contributed by atoms with Crippen molar-refractivity contribution in [2.45, 2.75) is 0 Å². The minimum Gasteiger partial charge on any atom is -0.398 e. The molecule has 0 fully saturated rings. The smallest absolute Gasteiger partial charge is 0.120 e. The number of nitrogen functional groups attached to an aromatic ring is 1. The third-order valence-corrected chi connectivity index (χ3v) is 3.46. The van der Waals surface area contributed by atoms with Gasteiger partial charge >= 0.3 is 0 Å². The highest BCUT2D eigenvalue weighted by atomic mass is 15.1. The average Bonchev–Trinajstić information content (AvgIpc) is 2.92. The second-order valence-corrected chi connectivity index (χ2v) is 4.73. The standard InChI is InChI=1S/C16H12N4/c17-11-5-3-7-13-15(11)16(20-19-13)14-9-8-10-4-1-2-6-12(10)18-14/h1-9H,17H2,(H,19,20). The minimum atomic E-state index is 0.709. The van der Waals surface area contributed by atoms with Crippen molar-refractivity contribution in [2.24, 2.45) is 0 Å². The van der Waals surface area contributed by atoms with Gasteiger partial charge in [0.05, 0.1) is 22.1 Å². The van der Waals surface area contributed by atoms with Gasteiger partial charge in [0, 0.05) is 11.1 Å². The van der Waals surface area contributed by atoms with Crippen LogP contribution in [0.1, 0.15) is 0 Å². The van der Waals surface area contributed by atoms with Gasteiger partial charge in [0.2, 0.25) is 0 Å². The number of aromatic amines is 1. The molecule has 4 rings (SSSR count). The van der Waals surface area contributed by atoms with E-state index < -0.39 is 0 Å². The maximum atomic E-state index is 6.06. The van der Waals surface area contributed by atoms with Crippen molar-refractivity contribution >= 4 is 27.5 Å². The van der Waals surface area contributed by atoms with Crippen molar-refractivity contribution < 1.29 is 0 Å². The van der Waals surface area contributed by atoms with Crippen molar-refractivity contribution in [1.29, 1.82) is 0 Å². The van der Waals surface area contributed by atoms with E-state index in [4.69, 9.17) is 5.73 Å². The monoisotopic (exact) mass is 260 g/mol. The molecule has 4 heteroatoms. The third kappa shape index (κ3) is 1.55. The molecule has 0 saturated heterocycles. The highest BCUT2D eigenvalue weighted by Crippen LogP contribution is 2.30. The molecule has 2 aromatic carbocycles. The van der Waals surface area contributed by atoms with Gasteiger partial charge in [-0.25, -0.2) is 4.98 Å². The fourth-order valence-corrected chi connectivity index (χ4v) is 2.48. The van der Waals surface area contributed by atoms with Crippen molar-refractivity contribution in [3.05, 3.63) is 54.6 Å². The van der Waals surface area contributed by atoms with Crippen LogP contribution in [-0.4, -0.2) is 15.2 Å². The van der Waals surface area contributed by atoms with E-state index in [0.29, 0.717) is 5.69 Å². The highest BCUT2D eigenvalue weighted by Gasteiger charge is 2.12. The molecule has 0 atom stereocenters. The summed E-state index contributed by atoms with van der Waals surface area (Å²) in [7, 11) is 0. The SMILES string of the molecule is Nc1cccc2[nH]nc(-c3ccc4ccccc4n3)c12. The lowest BCUT2D eigenvalue weighted by atomic mass is 10.1. The van der Waals surface area contributed by atoms with Crippen molar-refractivity contribution in [1.82, 2.24) is 15.2 Å². The van der Waals surface area contributed by atoms with Crippen LogP contribution in [0.3, 0.4) is 0 Å². The average molecular weight is 260 g/mol. The number of pyridine rings is 1. The minimum absolute atomic E-state index is 0.709. The fourth-order valence-electron chi connectivity index (χ4n) is 2.48. The predicted octanol–water partition coefficient (Wildman–Crippen LogP) is 3.36. The van der Waals surface area contributed by atoms with Crippen LogP contribution in [0.5, 0.6) is 0 Å². The number of para-hydroxylation sites is 1. The van der Waals surface area contributed by atoms with Gasteiger partial charge in [0.15, 0.2) is 0 Å². The molecule has 4 nitrogen and oxygen atoms in total. The summed E-state index contributed by atoms with van der Waals surface area (Å²) in [5.74, 6) is 0. The van der Waals surface area contributed by atoms with Gasteiger partial charge in [0.1, 0.15) is 5.69 Å². The second kappa shape index (κ2) is 4.06. The Balaban J connectivity index is 2.01. The van der Waals surface area contributed by atoms with Crippen LogP contribution >= 0.6 is 0 Å². The lowest BCUT2D eigenvalue weighted by Gasteiger charge is -2.02. The number of rotatable bonds is 1. The summed E-state index contributed by atoms with van der Waals surface area (Å²) in [6, 6.07) is 17.8. The summed E-state index contributed by atoms with van der Waals surface area (Å²) in [6.07, 6.45) is 0. The van der Waals surface area contributed by atoms with E-state index in [1.165, 1.54) is 0 Å². The number of fused-ring (bicyclic) bond motifs is 2. The Bertz CT molecular complexity index is 924. The van der Waals surface area contributed by atoms with E-state index in [9.17, 15) is 0 Å². The van der Waals surface area contributed by atoms with E-state index in [1.807, 2.05) is 48.5 Å². The second-order valence-electron chi connectivity index (χ2n) is 4.73. The van der Waals surface area contributed by atoms with Crippen molar-refractivity contribution in [3.8, 4) is 11.4 Å². The van der Waals surface area contributed by atoms with Crippen LogP contribution in [0.4, 0.5) is 5.69 Å². The molecule has 20 heavy (non-hydrogen) atoms. The number of aromatic nitrogens is 3. The van der Waals surface area contributed by atoms with Gasteiger partial charge < -0.3 is 5.73 Å². The first-order chi connectivity index (χ1) is 9.83. The Morgan fingerprint density at radius 3 is 2.75 bits per heavy atom. The van der Waals surface area contributed by atoms with Crippen molar-refractivity contribution in [3.63, 3.8) is 0 Å². The van der Waals surface area contributed by atoms with Gasteiger partial charge in [-0.15, -0.1) is 0 Å². The summed E-state index contributed by atoms with van der Waals surface area (Å²) < 4.78 is 0. The topological polar surface area (TPSA) is 67.6 Å². The summed E-state index contributed by atoms with van der Waals surface area (Å²) in [6.45, 7) is 0. The molecule has 0 aliphatic rings. The number of hydrogen-bond donors (Lipinski definition) is 2. The molecular weight excluding hydrogens is 248 g/mol. The largest absolute Gasteiger partial charge is 0.398 e. The van der Waals surface area contributed by atoms with E-state index in [1.54, 1.807) is 0 Å². The molecule has 0 aliphatic heterocycles. The first-order valence-corrected chi connectivity index (χ1v) is 6.42. The highest BCUT2D eigenvalue weighted by molar-refractivity contribution is 6.01. The molecule has 0 aliphatic carbocycles. The van der Waals surface area contributed by atoms with E-state index in [2.05, 4.69) is 21.2 Å².